The minimum absolute atomic E-state index is 0.141. The summed E-state index contributed by atoms with van der Waals surface area (Å²) in [6.45, 7) is 18.5. The second-order valence-electron chi connectivity index (χ2n) is 7.77. The number of amides is 1. The molecule has 1 aliphatic carbocycles. The Morgan fingerprint density at radius 3 is 1.67 bits per heavy atom. The van der Waals surface area contributed by atoms with Crippen molar-refractivity contribution in [2.24, 2.45) is 34.5 Å². The summed E-state index contributed by atoms with van der Waals surface area (Å²) in [6.07, 6.45) is 0. The predicted molar refractivity (Wildman–Crippen MR) is 77.2 cm³/mol. The van der Waals surface area contributed by atoms with Gasteiger partial charge in [0.05, 0.1) is 0 Å². The third-order valence-corrected chi connectivity index (χ3v) is 5.51. The molecule has 0 saturated heterocycles. The van der Waals surface area contributed by atoms with Crippen LogP contribution in [0.25, 0.3) is 0 Å². The molecule has 1 aliphatic rings. The van der Waals surface area contributed by atoms with Gasteiger partial charge >= 0.3 is 0 Å². The first-order valence-corrected chi connectivity index (χ1v) is 7.31. The molecule has 2 heteroatoms. The fourth-order valence-corrected chi connectivity index (χ4v) is 3.41. The molecular formula is C16H31NO. The molecule has 2 nitrogen and oxygen atoms in total. The lowest BCUT2D eigenvalue weighted by molar-refractivity contribution is -0.123. The van der Waals surface area contributed by atoms with Gasteiger partial charge in [-0.05, 0) is 28.6 Å². The lowest BCUT2D eigenvalue weighted by Gasteiger charge is -2.25. The van der Waals surface area contributed by atoms with Crippen molar-refractivity contribution < 1.29 is 4.79 Å². The van der Waals surface area contributed by atoms with Crippen LogP contribution >= 0.6 is 0 Å². The monoisotopic (exact) mass is 253 g/mol. The Morgan fingerprint density at radius 2 is 1.39 bits per heavy atom. The van der Waals surface area contributed by atoms with Gasteiger partial charge in [-0.15, -0.1) is 0 Å². The van der Waals surface area contributed by atoms with Crippen molar-refractivity contribution in [3.63, 3.8) is 0 Å². The first-order chi connectivity index (χ1) is 8.03. The van der Waals surface area contributed by atoms with Gasteiger partial charge in [-0.1, -0.05) is 55.4 Å². The van der Waals surface area contributed by atoms with E-state index in [2.05, 4.69) is 60.7 Å². The molecule has 106 valence electrons. The van der Waals surface area contributed by atoms with Gasteiger partial charge in [0.25, 0.3) is 0 Å². The van der Waals surface area contributed by atoms with E-state index in [0.717, 1.165) is 6.54 Å². The highest BCUT2D eigenvalue weighted by molar-refractivity contribution is 5.84. The zero-order valence-electron chi connectivity index (χ0n) is 13.4. The smallest absolute Gasteiger partial charge is 0.224 e. The summed E-state index contributed by atoms with van der Waals surface area (Å²) >= 11 is 0. The van der Waals surface area contributed by atoms with Crippen LogP contribution < -0.4 is 5.32 Å². The number of rotatable bonds is 5. The largest absolute Gasteiger partial charge is 0.356 e. The van der Waals surface area contributed by atoms with E-state index in [-0.39, 0.29) is 22.7 Å². The number of nitrogens with one attached hydrogen (secondary N) is 1. The maximum atomic E-state index is 12.3. The second-order valence-corrected chi connectivity index (χ2v) is 7.77. The van der Waals surface area contributed by atoms with Gasteiger partial charge < -0.3 is 5.32 Å². The normalized spacial score (nSPS) is 21.7. The summed E-state index contributed by atoms with van der Waals surface area (Å²) in [5.41, 5.74) is 0.282. The van der Waals surface area contributed by atoms with E-state index in [4.69, 9.17) is 0 Å². The zero-order chi connectivity index (χ0) is 14.3. The van der Waals surface area contributed by atoms with Crippen molar-refractivity contribution >= 4 is 5.91 Å². The number of hydrogen-bond donors (Lipinski definition) is 1. The van der Waals surface area contributed by atoms with Gasteiger partial charge in [0.2, 0.25) is 5.91 Å². The summed E-state index contributed by atoms with van der Waals surface area (Å²) in [7, 11) is 0. The molecule has 0 aromatic heterocycles. The summed E-state index contributed by atoms with van der Waals surface area (Å²) in [5, 5.41) is 3.18. The van der Waals surface area contributed by atoms with Gasteiger partial charge in [0.15, 0.2) is 0 Å². The summed E-state index contributed by atoms with van der Waals surface area (Å²) < 4.78 is 0. The first-order valence-electron chi connectivity index (χ1n) is 7.31. The standard InChI is InChI=1S/C16H31NO/c1-10(2)12(11(3)4)9-17-14(18)13-15(5,6)16(13,7)8/h10-13H,9H2,1-8H3,(H,17,18). The van der Waals surface area contributed by atoms with Gasteiger partial charge in [-0.25, -0.2) is 0 Å². The van der Waals surface area contributed by atoms with Crippen LogP contribution in [-0.4, -0.2) is 12.5 Å². The minimum Gasteiger partial charge on any atom is -0.356 e. The maximum absolute atomic E-state index is 12.3. The molecule has 0 atom stereocenters. The van der Waals surface area contributed by atoms with Crippen LogP contribution in [0.15, 0.2) is 0 Å². The van der Waals surface area contributed by atoms with Gasteiger partial charge in [-0.2, -0.15) is 0 Å². The van der Waals surface area contributed by atoms with Crippen molar-refractivity contribution in [1.29, 1.82) is 0 Å². The molecule has 0 heterocycles. The van der Waals surface area contributed by atoms with Crippen molar-refractivity contribution in [2.45, 2.75) is 55.4 Å². The molecule has 0 unspecified atom stereocenters. The van der Waals surface area contributed by atoms with E-state index in [1.54, 1.807) is 0 Å². The van der Waals surface area contributed by atoms with Crippen molar-refractivity contribution in [1.82, 2.24) is 5.32 Å². The molecule has 18 heavy (non-hydrogen) atoms. The van der Waals surface area contributed by atoms with E-state index in [1.807, 2.05) is 0 Å². The van der Waals surface area contributed by atoms with Crippen LogP contribution in [0.5, 0.6) is 0 Å². The van der Waals surface area contributed by atoms with Crippen LogP contribution in [0.4, 0.5) is 0 Å². The van der Waals surface area contributed by atoms with Crippen LogP contribution in [0, 0.1) is 34.5 Å². The van der Waals surface area contributed by atoms with Crippen LogP contribution in [0.2, 0.25) is 0 Å². The fraction of sp³-hybridized carbons (Fsp3) is 0.938. The highest BCUT2D eigenvalue weighted by Gasteiger charge is 2.68. The van der Waals surface area contributed by atoms with E-state index >= 15 is 0 Å². The van der Waals surface area contributed by atoms with E-state index in [9.17, 15) is 4.79 Å². The number of hydrogen-bond acceptors (Lipinski definition) is 1. The Morgan fingerprint density at radius 1 is 1.00 bits per heavy atom. The molecule has 0 radical (unpaired) electrons. The van der Waals surface area contributed by atoms with Crippen molar-refractivity contribution in [3.05, 3.63) is 0 Å². The lowest BCUT2D eigenvalue weighted by Crippen LogP contribution is -2.35. The molecule has 0 spiro atoms. The summed E-state index contributed by atoms with van der Waals surface area (Å²) in [5.74, 6) is 2.22. The van der Waals surface area contributed by atoms with Crippen molar-refractivity contribution in [3.8, 4) is 0 Å². The highest BCUT2D eigenvalue weighted by Crippen LogP contribution is 2.68. The van der Waals surface area contributed by atoms with E-state index < -0.39 is 0 Å². The minimum atomic E-state index is 0.141. The van der Waals surface area contributed by atoms with Gasteiger partial charge in [0.1, 0.15) is 0 Å². The van der Waals surface area contributed by atoms with Crippen LogP contribution in [-0.2, 0) is 4.79 Å². The Labute approximate surface area is 113 Å². The van der Waals surface area contributed by atoms with E-state index in [1.165, 1.54) is 0 Å². The van der Waals surface area contributed by atoms with Crippen LogP contribution in [0.3, 0.4) is 0 Å². The van der Waals surface area contributed by atoms with Gasteiger partial charge in [-0.3, -0.25) is 4.79 Å². The Balaban J connectivity index is 2.53. The predicted octanol–water partition coefficient (Wildman–Crippen LogP) is 3.71. The molecule has 0 aromatic rings. The lowest BCUT2D eigenvalue weighted by atomic mass is 9.85. The Bertz CT molecular complexity index is 293. The molecule has 1 saturated carbocycles. The first kappa shape index (κ1) is 15.5. The molecular weight excluding hydrogens is 222 g/mol. The quantitative estimate of drug-likeness (QED) is 0.795. The Kier molecular flexibility index (Phi) is 4.19. The average Bonchev–Trinajstić information content (AvgIpc) is 2.55. The van der Waals surface area contributed by atoms with Crippen LogP contribution in [0.1, 0.15) is 55.4 Å². The van der Waals surface area contributed by atoms with Crippen molar-refractivity contribution in [2.75, 3.05) is 6.54 Å². The average molecular weight is 253 g/mol. The topological polar surface area (TPSA) is 29.1 Å². The molecule has 0 aliphatic heterocycles. The molecule has 1 N–H and O–H groups in total. The highest BCUT2D eigenvalue weighted by atomic mass is 16.2. The maximum Gasteiger partial charge on any atom is 0.224 e. The molecule has 1 fully saturated rings. The fourth-order valence-electron chi connectivity index (χ4n) is 3.41. The third-order valence-electron chi connectivity index (χ3n) is 5.51. The third kappa shape index (κ3) is 2.57. The number of carbonyl (C=O) groups excluding carboxylic acids is 1. The Hall–Kier alpha value is -0.530. The van der Waals surface area contributed by atoms with E-state index in [0.29, 0.717) is 17.8 Å². The molecule has 1 amide bonds. The summed E-state index contributed by atoms with van der Waals surface area (Å²) in [4.78, 5) is 12.3. The molecule has 0 bridgehead atoms. The zero-order valence-corrected chi connectivity index (χ0v) is 13.4. The number of carbonyl (C=O) groups is 1. The SMILES string of the molecule is CC(C)C(CNC(=O)C1C(C)(C)C1(C)C)C(C)C. The molecule has 1 rings (SSSR count). The van der Waals surface area contributed by atoms with Gasteiger partial charge in [0, 0.05) is 12.5 Å². The second kappa shape index (κ2) is 4.86. The molecule has 0 aromatic carbocycles. The summed E-state index contributed by atoms with van der Waals surface area (Å²) in [6, 6.07) is 0.